The summed E-state index contributed by atoms with van der Waals surface area (Å²) < 4.78 is 0. The van der Waals surface area contributed by atoms with Crippen molar-refractivity contribution in [2.45, 2.75) is 19.8 Å². The number of hydrogen-bond donors (Lipinski definition) is 1. The Labute approximate surface area is 148 Å². The summed E-state index contributed by atoms with van der Waals surface area (Å²) in [7, 11) is 3.96. The van der Waals surface area contributed by atoms with Gasteiger partial charge in [0.25, 0.3) is 5.91 Å². The summed E-state index contributed by atoms with van der Waals surface area (Å²) in [4.78, 5) is 25.7. The maximum atomic E-state index is 12.4. The van der Waals surface area contributed by atoms with Crippen molar-refractivity contribution < 1.29 is 4.79 Å². The molecular formula is C19H25N5O. The number of fused-ring (bicyclic) bond motifs is 1. The Morgan fingerprint density at radius 2 is 2.08 bits per heavy atom. The molecule has 0 spiro atoms. The smallest absolute Gasteiger partial charge is 0.270 e. The fraction of sp³-hybridized carbons (Fsp3) is 0.421. The van der Waals surface area contributed by atoms with E-state index in [0.717, 1.165) is 37.3 Å². The minimum atomic E-state index is -0.154. The van der Waals surface area contributed by atoms with Crippen LogP contribution in [0.25, 0.3) is 0 Å². The first kappa shape index (κ1) is 17.4. The van der Waals surface area contributed by atoms with Gasteiger partial charge < -0.3 is 15.1 Å². The molecule has 1 amide bonds. The van der Waals surface area contributed by atoms with Crippen LogP contribution in [-0.4, -0.2) is 54.5 Å². The van der Waals surface area contributed by atoms with Gasteiger partial charge in [-0.05, 0) is 51.6 Å². The molecule has 0 saturated carbocycles. The van der Waals surface area contributed by atoms with Crippen LogP contribution in [0.15, 0.2) is 30.3 Å². The lowest BCUT2D eigenvalue weighted by Gasteiger charge is -2.29. The number of likely N-dealkylation sites (N-methyl/N-ethyl adjacent to an activating group) is 1. The van der Waals surface area contributed by atoms with Crippen molar-refractivity contribution in [1.82, 2.24) is 20.2 Å². The SMILES string of the molecule is Cc1cc(C(=O)NCCN(C)C)nc(N2CCCc3ccccc32)n1. The first-order chi connectivity index (χ1) is 12.0. The van der Waals surface area contributed by atoms with Crippen LogP contribution in [0.2, 0.25) is 0 Å². The van der Waals surface area contributed by atoms with E-state index >= 15 is 0 Å². The predicted octanol–water partition coefficient (Wildman–Crippen LogP) is 2.16. The molecule has 1 aromatic heterocycles. The molecule has 1 N–H and O–H groups in total. The highest BCUT2D eigenvalue weighted by atomic mass is 16.1. The van der Waals surface area contributed by atoms with Gasteiger partial charge >= 0.3 is 0 Å². The van der Waals surface area contributed by atoms with Crippen LogP contribution in [0.4, 0.5) is 11.6 Å². The van der Waals surface area contributed by atoms with Crippen LogP contribution in [0.5, 0.6) is 0 Å². The normalized spacial score (nSPS) is 13.7. The van der Waals surface area contributed by atoms with Crippen LogP contribution in [0, 0.1) is 6.92 Å². The zero-order chi connectivity index (χ0) is 17.8. The highest BCUT2D eigenvalue weighted by molar-refractivity contribution is 5.92. The summed E-state index contributed by atoms with van der Waals surface area (Å²) in [5.74, 6) is 0.448. The van der Waals surface area contributed by atoms with Gasteiger partial charge in [0.15, 0.2) is 0 Å². The van der Waals surface area contributed by atoms with E-state index in [0.29, 0.717) is 18.2 Å². The Hall–Kier alpha value is -2.47. The minimum absolute atomic E-state index is 0.154. The molecule has 1 aliphatic heterocycles. The van der Waals surface area contributed by atoms with Crippen molar-refractivity contribution in [3.63, 3.8) is 0 Å². The van der Waals surface area contributed by atoms with Crippen molar-refractivity contribution in [2.24, 2.45) is 0 Å². The van der Waals surface area contributed by atoms with E-state index in [2.05, 4.69) is 38.4 Å². The van der Waals surface area contributed by atoms with Gasteiger partial charge in [-0.15, -0.1) is 0 Å². The number of benzene rings is 1. The Kier molecular flexibility index (Phi) is 5.28. The first-order valence-corrected chi connectivity index (χ1v) is 8.68. The Bertz CT molecular complexity index is 759. The van der Waals surface area contributed by atoms with Crippen LogP contribution in [0.1, 0.15) is 28.2 Å². The number of nitrogens with zero attached hydrogens (tertiary/aromatic N) is 4. The van der Waals surface area contributed by atoms with Gasteiger partial charge in [0.2, 0.25) is 5.95 Å². The number of carbonyl (C=O) groups excluding carboxylic acids is 1. The topological polar surface area (TPSA) is 61.4 Å². The van der Waals surface area contributed by atoms with Crippen molar-refractivity contribution >= 4 is 17.5 Å². The molecule has 6 nitrogen and oxygen atoms in total. The van der Waals surface area contributed by atoms with E-state index in [1.54, 1.807) is 6.07 Å². The van der Waals surface area contributed by atoms with Crippen LogP contribution >= 0.6 is 0 Å². The molecule has 0 unspecified atom stereocenters. The van der Waals surface area contributed by atoms with Crippen molar-refractivity contribution in [3.8, 4) is 0 Å². The maximum Gasteiger partial charge on any atom is 0.270 e. The number of aromatic nitrogens is 2. The van der Waals surface area contributed by atoms with Crippen LogP contribution in [-0.2, 0) is 6.42 Å². The van der Waals surface area contributed by atoms with E-state index in [1.165, 1.54) is 5.56 Å². The average molecular weight is 339 g/mol. The fourth-order valence-corrected chi connectivity index (χ4v) is 3.01. The monoisotopic (exact) mass is 339 g/mol. The third-order valence-electron chi connectivity index (χ3n) is 4.27. The molecule has 6 heteroatoms. The average Bonchev–Trinajstić information content (AvgIpc) is 2.60. The molecule has 0 saturated heterocycles. The van der Waals surface area contributed by atoms with E-state index in [4.69, 9.17) is 0 Å². The largest absolute Gasteiger partial charge is 0.349 e. The molecule has 0 radical (unpaired) electrons. The van der Waals surface area contributed by atoms with Crippen molar-refractivity contribution in [2.75, 3.05) is 38.6 Å². The third kappa shape index (κ3) is 4.14. The van der Waals surface area contributed by atoms with Crippen LogP contribution in [0.3, 0.4) is 0 Å². The summed E-state index contributed by atoms with van der Waals surface area (Å²) in [5, 5.41) is 2.92. The second kappa shape index (κ2) is 7.61. The Balaban J connectivity index is 1.84. The summed E-state index contributed by atoms with van der Waals surface area (Å²) >= 11 is 0. The van der Waals surface area contributed by atoms with Gasteiger partial charge in [0.05, 0.1) is 0 Å². The fourth-order valence-electron chi connectivity index (χ4n) is 3.01. The molecular weight excluding hydrogens is 314 g/mol. The summed E-state index contributed by atoms with van der Waals surface area (Å²) in [6, 6.07) is 10.1. The molecule has 25 heavy (non-hydrogen) atoms. The number of hydrogen-bond acceptors (Lipinski definition) is 5. The zero-order valence-electron chi connectivity index (χ0n) is 15.1. The van der Waals surface area contributed by atoms with Crippen molar-refractivity contribution in [3.05, 3.63) is 47.3 Å². The number of anilines is 2. The number of amides is 1. The van der Waals surface area contributed by atoms with Gasteiger partial charge in [-0.3, -0.25) is 4.79 Å². The minimum Gasteiger partial charge on any atom is -0.349 e. The van der Waals surface area contributed by atoms with Gasteiger partial charge in [0, 0.05) is 31.0 Å². The lowest BCUT2D eigenvalue weighted by molar-refractivity contribution is 0.0946. The van der Waals surface area contributed by atoms with Gasteiger partial charge in [-0.2, -0.15) is 0 Å². The first-order valence-electron chi connectivity index (χ1n) is 8.68. The molecule has 0 aliphatic carbocycles. The molecule has 3 rings (SSSR count). The molecule has 1 aromatic carbocycles. The third-order valence-corrected chi connectivity index (χ3v) is 4.27. The molecule has 2 heterocycles. The second-order valence-electron chi connectivity index (χ2n) is 6.64. The number of carbonyl (C=O) groups is 1. The maximum absolute atomic E-state index is 12.4. The standard InChI is InChI=1S/C19H25N5O/c1-14-13-16(18(25)20-10-12-23(2)3)22-19(21-14)24-11-6-8-15-7-4-5-9-17(15)24/h4-5,7,9,13H,6,8,10-12H2,1-3H3,(H,20,25). The highest BCUT2D eigenvalue weighted by Crippen LogP contribution is 2.31. The van der Waals surface area contributed by atoms with Crippen molar-refractivity contribution in [1.29, 1.82) is 0 Å². The zero-order valence-corrected chi connectivity index (χ0v) is 15.1. The van der Waals surface area contributed by atoms with E-state index in [-0.39, 0.29) is 5.91 Å². The summed E-state index contributed by atoms with van der Waals surface area (Å²) in [5.41, 5.74) is 3.66. The van der Waals surface area contributed by atoms with Gasteiger partial charge in [-0.1, -0.05) is 18.2 Å². The lowest BCUT2D eigenvalue weighted by atomic mass is 10.0. The molecule has 2 aromatic rings. The highest BCUT2D eigenvalue weighted by Gasteiger charge is 2.21. The second-order valence-corrected chi connectivity index (χ2v) is 6.64. The number of aryl methyl sites for hydroxylation is 2. The summed E-state index contributed by atoms with van der Waals surface area (Å²) in [6.07, 6.45) is 2.12. The van der Waals surface area contributed by atoms with Crippen LogP contribution < -0.4 is 10.2 Å². The molecule has 0 fully saturated rings. The molecule has 1 aliphatic rings. The lowest BCUT2D eigenvalue weighted by Crippen LogP contribution is -2.32. The number of para-hydroxylation sites is 1. The van der Waals surface area contributed by atoms with Gasteiger partial charge in [0.1, 0.15) is 5.69 Å². The number of nitrogens with one attached hydrogen (secondary N) is 1. The van der Waals surface area contributed by atoms with E-state index in [1.807, 2.05) is 32.0 Å². The molecule has 132 valence electrons. The van der Waals surface area contributed by atoms with Gasteiger partial charge in [-0.25, -0.2) is 9.97 Å². The van der Waals surface area contributed by atoms with E-state index in [9.17, 15) is 4.79 Å². The predicted molar refractivity (Wildman–Crippen MR) is 99.4 cm³/mol. The molecule has 0 atom stereocenters. The summed E-state index contributed by atoms with van der Waals surface area (Å²) in [6.45, 7) is 4.15. The number of rotatable bonds is 5. The quantitative estimate of drug-likeness (QED) is 0.904. The Morgan fingerprint density at radius 3 is 2.88 bits per heavy atom. The molecule has 0 bridgehead atoms. The van der Waals surface area contributed by atoms with E-state index < -0.39 is 0 Å². The Morgan fingerprint density at radius 1 is 1.28 bits per heavy atom.